The molecule has 2 aliphatic carbocycles. The van der Waals surface area contributed by atoms with Crippen molar-refractivity contribution < 1.29 is 9.18 Å². The van der Waals surface area contributed by atoms with Crippen molar-refractivity contribution in [2.45, 2.75) is 75.9 Å². The number of guanidine groups is 1. The fraction of sp³-hybridized carbons (Fsp3) is 0.917. The van der Waals surface area contributed by atoms with E-state index in [0.29, 0.717) is 43.2 Å². The van der Waals surface area contributed by atoms with Crippen LogP contribution in [0, 0.1) is 29.6 Å². The molecule has 2 saturated carbocycles. The zero-order valence-corrected chi connectivity index (χ0v) is 20.2. The van der Waals surface area contributed by atoms with E-state index in [2.05, 4.69) is 33.2 Å². The highest BCUT2D eigenvalue weighted by atomic mass is 35.5. The minimum absolute atomic E-state index is 0.0424. The van der Waals surface area contributed by atoms with E-state index in [1.807, 2.05) is 0 Å². The van der Waals surface area contributed by atoms with E-state index in [1.165, 1.54) is 19.3 Å². The molecule has 6 nitrogen and oxygen atoms in total. The molecule has 8 atom stereocenters. The molecule has 4 rings (SSSR count). The van der Waals surface area contributed by atoms with E-state index < -0.39 is 6.17 Å². The predicted molar refractivity (Wildman–Crippen MR) is 128 cm³/mol. The van der Waals surface area contributed by atoms with Gasteiger partial charge in [0.25, 0.3) is 0 Å². The van der Waals surface area contributed by atoms with Crippen LogP contribution in [-0.4, -0.2) is 62.2 Å². The molecule has 4 aliphatic rings. The Morgan fingerprint density at radius 1 is 1.06 bits per heavy atom. The van der Waals surface area contributed by atoms with Crippen LogP contribution in [-0.2, 0) is 4.79 Å². The van der Waals surface area contributed by atoms with Gasteiger partial charge in [-0.3, -0.25) is 9.79 Å². The summed E-state index contributed by atoms with van der Waals surface area (Å²) in [6.45, 7) is 6.50. The molecular weight excluding hydrogens is 429 g/mol. The van der Waals surface area contributed by atoms with Gasteiger partial charge >= 0.3 is 0 Å². The van der Waals surface area contributed by atoms with E-state index in [-0.39, 0.29) is 23.1 Å². The normalized spacial score (nSPS) is 40.3. The second kappa shape index (κ2) is 11.4. The van der Waals surface area contributed by atoms with Gasteiger partial charge in [0.05, 0.1) is 6.54 Å². The summed E-state index contributed by atoms with van der Waals surface area (Å²) >= 11 is 6.22. The number of nitrogens with zero attached hydrogens (tertiary/aromatic N) is 1. The molecule has 2 aliphatic heterocycles. The largest absolute Gasteiger partial charge is 0.356 e. The Bertz CT molecular complexity index is 654. The number of aliphatic imine (C=N–C) groups is 1. The lowest BCUT2D eigenvalue weighted by Crippen LogP contribution is -2.45. The van der Waals surface area contributed by atoms with Crippen LogP contribution in [0.5, 0.6) is 0 Å². The first kappa shape index (κ1) is 24.1. The van der Waals surface area contributed by atoms with Crippen LogP contribution < -0.4 is 21.3 Å². The van der Waals surface area contributed by atoms with Crippen LogP contribution in [0.4, 0.5) is 4.39 Å². The van der Waals surface area contributed by atoms with Crippen LogP contribution in [0.1, 0.15) is 58.3 Å². The first-order valence-corrected chi connectivity index (χ1v) is 13.2. The van der Waals surface area contributed by atoms with Crippen molar-refractivity contribution in [3.63, 3.8) is 0 Å². The van der Waals surface area contributed by atoms with Gasteiger partial charge in [-0.25, -0.2) is 4.39 Å². The van der Waals surface area contributed by atoms with E-state index in [0.717, 1.165) is 51.4 Å². The Hall–Kier alpha value is -1.08. The molecule has 3 fully saturated rings. The molecule has 0 spiro atoms. The van der Waals surface area contributed by atoms with Crippen molar-refractivity contribution in [2.75, 3.05) is 32.7 Å². The van der Waals surface area contributed by atoms with Crippen molar-refractivity contribution in [1.29, 1.82) is 0 Å². The van der Waals surface area contributed by atoms with E-state index in [1.54, 1.807) is 0 Å². The number of nitrogens with one attached hydrogen (secondary N) is 4. The first-order chi connectivity index (χ1) is 15.5. The number of halogens is 2. The van der Waals surface area contributed by atoms with E-state index in [9.17, 15) is 9.18 Å². The Balaban J connectivity index is 1.34. The van der Waals surface area contributed by atoms with Gasteiger partial charge in [0.1, 0.15) is 6.17 Å². The fourth-order valence-corrected chi connectivity index (χ4v) is 6.90. The predicted octanol–water partition coefficient (Wildman–Crippen LogP) is 2.82. The highest BCUT2D eigenvalue weighted by Gasteiger charge is 2.38. The SMILES string of the molecule is CC1CC(C2CC(CNC3=NCCN3)CC(C(=O)NCC3CC(F)CC(Cl)C3)C2)CCN1. The molecule has 182 valence electrons. The van der Waals surface area contributed by atoms with Crippen molar-refractivity contribution in [2.24, 2.45) is 34.6 Å². The molecule has 8 unspecified atom stereocenters. The van der Waals surface area contributed by atoms with Gasteiger partial charge < -0.3 is 21.3 Å². The number of carbonyl (C=O) groups is 1. The summed E-state index contributed by atoms with van der Waals surface area (Å²) in [5.41, 5.74) is 0. The molecule has 0 aromatic carbocycles. The molecule has 1 saturated heterocycles. The third-order valence-electron chi connectivity index (χ3n) is 8.03. The highest BCUT2D eigenvalue weighted by Crippen LogP contribution is 2.41. The van der Waals surface area contributed by atoms with Crippen LogP contribution in [0.15, 0.2) is 4.99 Å². The van der Waals surface area contributed by atoms with Crippen molar-refractivity contribution >= 4 is 23.5 Å². The van der Waals surface area contributed by atoms with Gasteiger partial charge in [0.15, 0.2) is 5.96 Å². The minimum Gasteiger partial charge on any atom is -0.356 e. The standard InChI is InChI=1S/C24H41ClFN5O/c1-15-6-18(2-3-27-15)19-7-16(14-31-24-28-4-5-29-24)8-20(11-19)23(32)30-13-17-9-21(25)12-22(26)10-17/h15-22,27H,2-14H2,1H3,(H,30,32)(H2,28,29,31). The third kappa shape index (κ3) is 6.72. The maximum atomic E-state index is 13.9. The zero-order chi connectivity index (χ0) is 22.5. The van der Waals surface area contributed by atoms with Gasteiger partial charge in [-0.05, 0) is 88.5 Å². The molecule has 4 N–H and O–H groups in total. The average Bonchev–Trinajstić information content (AvgIpc) is 3.29. The number of piperidine rings is 1. The Morgan fingerprint density at radius 3 is 2.66 bits per heavy atom. The summed E-state index contributed by atoms with van der Waals surface area (Å²) in [4.78, 5) is 17.6. The maximum Gasteiger partial charge on any atom is 0.223 e. The molecule has 0 bridgehead atoms. The third-order valence-corrected chi connectivity index (χ3v) is 8.39. The number of hydrogen-bond donors (Lipinski definition) is 4. The molecule has 32 heavy (non-hydrogen) atoms. The summed E-state index contributed by atoms with van der Waals surface area (Å²) in [5, 5.41) is 13.4. The lowest BCUT2D eigenvalue weighted by atomic mass is 9.67. The first-order valence-electron chi connectivity index (χ1n) is 12.8. The van der Waals surface area contributed by atoms with Gasteiger partial charge in [-0.15, -0.1) is 11.6 Å². The molecule has 0 radical (unpaired) electrons. The molecule has 8 heteroatoms. The monoisotopic (exact) mass is 469 g/mol. The van der Waals surface area contributed by atoms with Gasteiger partial charge in [-0.2, -0.15) is 0 Å². The summed E-state index contributed by atoms with van der Waals surface area (Å²) in [6.07, 6.45) is 6.40. The summed E-state index contributed by atoms with van der Waals surface area (Å²) < 4.78 is 13.9. The highest BCUT2D eigenvalue weighted by molar-refractivity contribution is 6.20. The Kier molecular flexibility index (Phi) is 8.55. The van der Waals surface area contributed by atoms with Crippen LogP contribution >= 0.6 is 11.6 Å². The van der Waals surface area contributed by atoms with Crippen LogP contribution in [0.3, 0.4) is 0 Å². The molecule has 0 aromatic heterocycles. The van der Waals surface area contributed by atoms with E-state index >= 15 is 0 Å². The average molecular weight is 470 g/mol. The fourth-order valence-electron chi connectivity index (χ4n) is 6.45. The summed E-state index contributed by atoms with van der Waals surface area (Å²) in [7, 11) is 0. The molecule has 0 aromatic rings. The summed E-state index contributed by atoms with van der Waals surface area (Å²) in [5.74, 6) is 3.00. The molecule has 2 heterocycles. The van der Waals surface area contributed by atoms with Gasteiger partial charge in [0, 0.05) is 37.0 Å². The second-order valence-corrected chi connectivity index (χ2v) is 11.3. The number of amides is 1. The number of carbonyl (C=O) groups excluding carboxylic acids is 1. The topological polar surface area (TPSA) is 77.5 Å². The molecular formula is C24H41ClFN5O. The van der Waals surface area contributed by atoms with E-state index in [4.69, 9.17) is 11.6 Å². The number of hydrogen-bond acceptors (Lipinski definition) is 5. The minimum atomic E-state index is -0.836. The maximum absolute atomic E-state index is 13.9. The molecule has 1 amide bonds. The summed E-state index contributed by atoms with van der Waals surface area (Å²) in [6, 6.07) is 0.556. The smallest absolute Gasteiger partial charge is 0.223 e. The lowest BCUT2D eigenvalue weighted by Gasteiger charge is -2.41. The van der Waals surface area contributed by atoms with Crippen LogP contribution in [0.25, 0.3) is 0 Å². The van der Waals surface area contributed by atoms with Gasteiger partial charge in [-0.1, -0.05) is 0 Å². The lowest BCUT2D eigenvalue weighted by molar-refractivity contribution is -0.127. The number of rotatable bonds is 6. The van der Waals surface area contributed by atoms with Gasteiger partial charge in [0.2, 0.25) is 5.91 Å². The Morgan fingerprint density at radius 2 is 1.91 bits per heavy atom. The second-order valence-electron chi connectivity index (χ2n) is 10.7. The number of alkyl halides is 2. The zero-order valence-electron chi connectivity index (χ0n) is 19.4. The van der Waals surface area contributed by atoms with Crippen molar-refractivity contribution in [1.82, 2.24) is 21.3 Å². The quantitative estimate of drug-likeness (QED) is 0.451. The Labute approximate surface area is 197 Å². The van der Waals surface area contributed by atoms with Crippen LogP contribution in [0.2, 0.25) is 0 Å². The van der Waals surface area contributed by atoms with Crippen molar-refractivity contribution in [3.8, 4) is 0 Å². The van der Waals surface area contributed by atoms with Crippen molar-refractivity contribution in [3.05, 3.63) is 0 Å².